The zero-order valence-electron chi connectivity index (χ0n) is 15.2. The number of benzene rings is 1. The first-order valence-corrected chi connectivity index (χ1v) is 9.25. The lowest BCUT2D eigenvalue weighted by Crippen LogP contribution is -2.47. The van der Waals surface area contributed by atoms with Crippen LogP contribution in [0.3, 0.4) is 0 Å². The fraction of sp³-hybridized carbons (Fsp3) is 0.526. The average Bonchev–Trinajstić information content (AvgIpc) is 3.25. The van der Waals surface area contributed by atoms with Crippen molar-refractivity contribution in [3.8, 4) is 11.5 Å². The Hall–Kier alpha value is -2.61. The van der Waals surface area contributed by atoms with Crippen LogP contribution in [0.25, 0.3) is 0 Å². The van der Waals surface area contributed by atoms with Crippen LogP contribution in [0.2, 0.25) is 0 Å². The van der Waals surface area contributed by atoms with Gasteiger partial charge < -0.3 is 14.2 Å². The minimum absolute atomic E-state index is 0.127. The molecule has 144 valence electrons. The lowest BCUT2D eigenvalue weighted by Gasteiger charge is -2.33. The van der Waals surface area contributed by atoms with Gasteiger partial charge in [-0.25, -0.2) is 4.90 Å². The van der Waals surface area contributed by atoms with Crippen molar-refractivity contribution in [1.29, 1.82) is 0 Å². The maximum absolute atomic E-state index is 12.9. The first-order chi connectivity index (χ1) is 13.1. The van der Waals surface area contributed by atoms with Crippen LogP contribution < -0.4 is 14.4 Å². The molecule has 1 aromatic rings. The highest BCUT2D eigenvalue weighted by atomic mass is 16.7. The minimum atomic E-state index is -0.480. The van der Waals surface area contributed by atoms with E-state index in [-0.39, 0.29) is 36.9 Å². The molecule has 2 fully saturated rings. The van der Waals surface area contributed by atoms with Gasteiger partial charge in [0.2, 0.25) is 12.7 Å². The number of rotatable bonds is 4. The van der Waals surface area contributed by atoms with Gasteiger partial charge in [-0.15, -0.1) is 0 Å². The lowest BCUT2D eigenvalue weighted by atomic mass is 9.95. The number of piperidine rings is 1. The molecule has 1 atom stereocenters. The van der Waals surface area contributed by atoms with Crippen LogP contribution in [-0.2, 0) is 19.1 Å². The number of carbonyl (C=O) groups excluding carboxylic acids is 3. The van der Waals surface area contributed by atoms with Gasteiger partial charge in [0, 0.05) is 6.07 Å². The normalized spacial score (nSPS) is 23.1. The van der Waals surface area contributed by atoms with Crippen LogP contribution in [0.5, 0.6) is 11.5 Å². The number of likely N-dealkylation sites (tertiary alicyclic amines) is 1. The number of anilines is 1. The quantitative estimate of drug-likeness (QED) is 0.580. The molecule has 4 rings (SSSR count). The van der Waals surface area contributed by atoms with Crippen LogP contribution in [0.15, 0.2) is 18.2 Å². The maximum Gasteiger partial charge on any atom is 0.309 e. The highest BCUT2D eigenvalue weighted by Crippen LogP contribution is 2.37. The second kappa shape index (κ2) is 7.19. The Kier molecular flexibility index (Phi) is 4.73. The van der Waals surface area contributed by atoms with E-state index in [0.29, 0.717) is 49.7 Å². The molecule has 2 amide bonds. The standard InChI is InChI=1S/C19H22N2O6/c1-2-25-19(24)12-5-7-20(8-6-12)14-10-17(22)21(18(14)23)13-3-4-15-16(9-13)27-11-26-15/h3-4,9,12,14H,2,5-8,10-11H2,1H3/t14-/m0/s1. The smallest absolute Gasteiger partial charge is 0.309 e. The predicted molar refractivity (Wildman–Crippen MR) is 94.4 cm³/mol. The molecule has 8 nitrogen and oxygen atoms in total. The van der Waals surface area contributed by atoms with Crippen molar-refractivity contribution in [2.24, 2.45) is 5.92 Å². The molecule has 0 bridgehead atoms. The number of fused-ring (bicyclic) bond motifs is 1. The van der Waals surface area contributed by atoms with Crippen molar-refractivity contribution < 1.29 is 28.6 Å². The van der Waals surface area contributed by atoms with E-state index in [9.17, 15) is 14.4 Å². The number of hydrogen-bond acceptors (Lipinski definition) is 7. The van der Waals surface area contributed by atoms with Crippen LogP contribution in [-0.4, -0.2) is 55.2 Å². The van der Waals surface area contributed by atoms with E-state index < -0.39 is 6.04 Å². The molecule has 3 heterocycles. The monoisotopic (exact) mass is 374 g/mol. The Labute approximate surface area is 157 Å². The van der Waals surface area contributed by atoms with Gasteiger partial charge in [0.05, 0.1) is 30.7 Å². The highest BCUT2D eigenvalue weighted by Gasteiger charge is 2.44. The fourth-order valence-electron chi connectivity index (χ4n) is 3.90. The molecule has 27 heavy (non-hydrogen) atoms. The molecular formula is C19H22N2O6. The summed E-state index contributed by atoms with van der Waals surface area (Å²) in [7, 11) is 0. The molecule has 0 N–H and O–H groups in total. The van der Waals surface area contributed by atoms with Crippen molar-refractivity contribution in [2.45, 2.75) is 32.2 Å². The molecule has 0 radical (unpaired) electrons. The fourth-order valence-corrected chi connectivity index (χ4v) is 3.90. The number of nitrogens with zero attached hydrogens (tertiary/aromatic N) is 2. The Morgan fingerprint density at radius 1 is 1.19 bits per heavy atom. The minimum Gasteiger partial charge on any atom is -0.466 e. The Morgan fingerprint density at radius 2 is 1.93 bits per heavy atom. The van der Waals surface area contributed by atoms with E-state index in [1.807, 2.05) is 4.90 Å². The van der Waals surface area contributed by atoms with E-state index in [4.69, 9.17) is 14.2 Å². The van der Waals surface area contributed by atoms with E-state index >= 15 is 0 Å². The summed E-state index contributed by atoms with van der Waals surface area (Å²) in [5.41, 5.74) is 0.498. The van der Waals surface area contributed by atoms with Gasteiger partial charge in [-0.05, 0) is 45.0 Å². The number of hydrogen-bond donors (Lipinski definition) is 0. The van der Waals surface area contributed by atoms with Crippen molar-refractivity contribution in [1.82, 2.24) is 4.90 Å². The Balaban J connectivity index is 1.44. The molecule has 2 saturated heterocycles. The van der Waals surface area contributed by atoms with Crippen molar-refractivity contribution in [3.63, 3.8) is 0 Å². The summed E-state index contributed by atoms with van der Waals surface area (Å²) in [6.45, 7) is 3.50. The molecule has 0 aliphatic carbocycles. The number of carbonyl (C=O) groups is 3. The van der Waals surface area contributed by atoms with Crippen molar-refractivity contribution >= 4 is 23.5 Å². The number of amides is 2. The summed E-state index contributed by atoms with van der Waals surface area (Å²) in [6, 6.07) is 4.58. The van der Waals surface area contributed by atoms with Crippen LogP contribution in [0, 0.1) is 5.92 Å². The van der Waals surface area contributed by atoms with Crippen molar-refractivity contribution in [2.75, 3.05) is 31.4 Å². The van der Waals surface area contributed by atoms with Crippen molar-refractivity contribution in [3.05, 3.63) is 18.2 Å². The van der Waals surface area contributed by atoms with Gasteiger partial charge in [-0.2, -0.15) is 0 Å². The summed E-state index contributed by atoms with van der Waals surface area (Å²) >= 11 is 0. The number of imide groups is 1. The molecular weight excluding hydrogens is 352 g/mol. The zero-order valence-corrected chi connectivity index (χ0v) is 15.2. The molecule has 0 saturated carbocycles. The molecule has 8 heteroatoms. The third-order valence-corrected chi connectivity index (χ3v) is 5.33. The van der Waals surface area contributed by atoms with E-state index in [1.54, 1.807) is 25.1 Å². The second-order valence-electron chi connectivity index (χ2n) is 6.89. The molecule has 0 aromatic heterocycles. The van der Waals surface area contributed by atoms with Crippen LogP contribution in [0.1, 0.15) is 26.2 Å². The average molecular weight is 374 g/mol. The SMILES string of the molecule is CCOC(=O)C1CCN([C@H]2CC(=O)N(c3ccc4c(c3)OCO4)C2=O)CC1. The van der Waals surface area contributed by atoms with E-state index in [2.05, 4.69) is 0 Å². The third kappa shape index (κ3) is 3.25. The highest BCUT2D eigenvalue weighted by molar-refractivity contribution is 6.22. The molecule has 0 spiro atoms. The Bertz CT molecular complexity index is 771. The van der Waals surface area contributed by atoms with Gasteiger partial charge in [-0.1, -0.05) is 0 Å². The third-order valence-electron chi connectivity index (χ3n) is 5.33. The summed E-state index contributed by atoms with van der Waals surface area (Å²) in [4.78, 5) is 40.6. The molecule has 1 aromatic carbocycles. The molecule has 3 aliphatic rings. The van der Waals surface area contributed by atoms with E-state index in [1.165, 1.54) is 4.90 Å². The maximum atomic E-state index is 12.9. The van der Waals surface area contributed by atoms with Gasteiger partial charge in [0.15, 0.2) is 11.5 Å². The van der Waals surface area contributed by atoms with Gasteiger partial charge in [0.1, 0.15) is 0 Å². The molecule has 0 unspecified atom stereocenters. The number of esters is 1. The van der Waals surface area contributed by atoms with E-state index in [0.717, 1.165) is 0 Å². The van der Waals surface area contributed by atoms with Gasteiger partial charge >= 0.3 is 5.97 Å². The first kappa shape index (κ1) is 17.8. The second-order valence-corrected chi connectivity index (χ2v) is 6.89. The van der Waals surface area contributed by atoms with Crippen LogP contribution in [0.4, 0.5) is 5.69 Å². The molecule has 3 aliphatic heterocycles. The number of ether oxygens (including phenoxy) is 3. The lowest BCUT2D eigenvalue weighted by molar-refractivity contribution is -0.149. The van der Waals surface area contributed by atoms with Crippen LogP contribution >= 0.6 is 0 Å². The summed E-state index contributed by atoms with van der Waals surface area (Å²) in [6.07, 6.45) is 1.43. The van der Waals surface area contributed by atoms with Gasteiger partial charge in [-0.3, -0.25) is 19.3 Å². The summed E-state index contributed by atoms with van der Waals surface area (Å²) < 4.78 is 15.7. The Morgan fingerprint density at radius 3 is 2.67 bits per heavy atom. The largest absolute Gasteiger partial charge is 0.466 e. The first-order valence-electron chi connectivity index (χ1n) is 9.25. The predicted octanol–water partition coefficient (Wildman–Crippen LogP) is 1.32. The summed E-state index contributed by atoms with van der Waals surface area (Å²) in [5, 5.41) is 0. The summed E-state index contributed by atoms with van der Waals surface area (Å²) in [5.74, 6) is 0.387. The van der Waals surface area contributed by atoms with Gasteiger partial charge in [0.25, 0.3) is 5.91 Å². The zero-order chi connectivity index (χ0) is 19.0. The topological polar surface area (TPSA) is 85.4 Å².